The van der Waals surface area contributed by atoms with Gasteiger partial charge >= 0.3 is 0 Å². The summed E-state index contributed by atoms with van der Waals surface area (Å²) in [5.74, 6) is 1.67. The SMILES string of the molecule is CC(C)n1cnc2c(NC3=CC(Cl)=CNC3O)nc(N[C@@H]3CC4CCC3(CO)CC4)nc21. The molecule has 32 heavy (non-hydrogen) atoms. The molecule has 10 heteroatoms. The van der Waals surface area contributed by atoms with Crippen molar-refractivity contribution in [2.75, 3.05) is 17.2 Å². The van der Waals surface area contributed by atoms with Crippen LogP contribution in [-0.4, -0.2) is 48.6 Å². The summed E-state index contributed by atoms with van der Waals surface area (Å²) in [6, 6.07) is 0.294. The van der Waals surface area contributed by atoms with Crippen LogP contribution in [0.15, 0.2) is 29.3 Å². The van der Waals surface area contributed by atoms with Gasteiger partial charge in [0.1, 0.15) is 0 Å². The van der Waals surface area contributed by atoms with Crippen molar-refractivity contribution in [2.45, 2.75) is 64.3 Å². The molecule has 0 amide bonds. The van der Waals surface area contributed by atoms with Gasteiger partial charge in [-0.3, -0.25) is 0 Å². The molecule has 4 aliphatic rings. The van der Waals surface area contributed by atoms with Crippen molar-refractivity contribution in [3.05, 3.63) is 29.3 Å². The molecule has 0 radical (unpaired) electrons. The molecule has 3 aliphatic carbocycles. The molecule has 2 aromatic rings. The predicted molar refractivity (Wildman–Crippen MR) is 124 cm³/mol. The summed E-state index contributed by atoms with van der Waals surface area (Å²) in [5.41, 5.74) is 1.68. The van der Waals surface area contributed by atoms with E-state index in [2.05, 4.69) is 34.8 Å². The van der Waals surface area contributed by atoms with E-state index < -0.39 is 6.23 Å². The molecule has 2 atom stereocenters. The number of aliphatic hydroxyl groups excluding tert-OH is 2. The van der Waals surface area contributed by atoms with Gasteiger partial charge in [0.05, 0.1) is 23.7 Å². The molecule has 3 heterocycles. The van der Waals surface area contributed by atoms with Crippen LogP contribution < -0.4 is 16.0 Å². The minimum Gasteiger partial charge on any atom is -0.396 e. The van der Waals surface area contributed by atoms with Crippen LogP contribution in [0.25, 0.3) is 11.2 Å². The van der Waals surface area contributed by atoms with Crippen LogP contribution in [-0.2, 0) is 0 Å². The zero-order chi connectivity index (χ0) is 22.5. The van der Waals surface area contributed by atoms with E-state index in [9.17, 15) is 10.2 Å². The lowest BCUT2D eigenvalue weighted by Gasteiger charge is -2.51. The van der Waals surface area contributed by atoms with Gasteiger partial charge in [-0.1, -0.05) is 11.6 Å². The third-order valence-electron chi connectivity index (χ3n) is 7.23. The molecule has 3 fully saturated rings. The lowest BCUT2D eigenvalue weighted by Crippen LogP contribution is -2.52. The molecule has 3 saturated carbocycles. The number of hydrogen-bond acceptors (Lipinski definition) is 8. The lowest BCUT2D eigenvalue weighted by molar-refractivity contribution is -0.00281. The predicted octanol–water partition coefficient (Wildman–Crippen LogP) is 3.06. The second-order valence-corrected chi connectivity index (χ2v) is 9.97. The number of imidazole rings is 1. The number of aromatic nitrogens is 4. The molecule has 2 aromatic heterocycles. The quantitative estimate of drug-likeness (QED) is 0.447. The molecular weight excluding hydrogens is 430 g/mol. The maximum Gasteiger partial charge on any atom is 0.227 e. The van der Waals surface area contributed by atoms with Gasteiger partial charge in [0, 0.05) is 23.7 Å². The van der Waals surface area contributed by atoms with Gasteiger partial charge < -0.3 is 30.7 Å². The highest BCUT2D eigenvalue weighted by Crippen LogP contribution is 2.50. The molecule has 2 bridgehead atoms. The first-order valence-corrected chi connectivity index (χ1v) is 11.7. The van der Waals surface area contributed by atoms with Crippen LogP contribution in [0.2, 0.25) is 0 Å². The average Bonchev–Trinajstić information content (AvgIpc) is 3.22. The summed E-state index contributed by atoms with van der Waals surface area (Å²) < 4.78 is 2.00. The second kappa shape index (κ2) is 8.20. The van der Waals surface area contributed by atoms with Crippen LogP contribution in [0.1, 0.15) is 52.0 Å². The van der Waals surface area contributed by atoms with E-state index in [1.54, 1.807) is 18.6 Å². The first kappa shape index (κ1) is 21.5. The zero-order valence-corrected chi connectivity index (χ0v) is 19.1. The Labute approximate surface area is 192 Å². The van der Waals surface area contributed by atoms with Crippen molar-refractivity contribution >= 4 is 34.5 Å². The van der Waals surface area contributed by atoms with E-state index in [-0.39, 0.29) is 24.1 Å². The smallest absolute Gasteiger partial charge is 0.227 e. The summed E-state index contributed by atoms with van der Waals surface area (Å²) in [6.45, 7) is 4.32. The Kier molecular flexibility index (Phi) is 5.51. The normalized spacial score (nSPS) is 29.6. The monoisotopic (exact) mass is 459 g/mol. The fraction of sp³-hybridized carbons (Fsp3) is 0.591. The Hall–Kier alpha value is -2.36. The standard InChI is InChI=1S/C22H30ClN7O2/c1-12(2)30-11-25-17-18(26-15-8-14(23)9-24-20(15)32)28-21(29-19(17)30)27-16-7-13-3-5-22(16,10-31)6-4-13/h8-9,11-13,16,20,24,31-32H,3-7,10H2,1-2H3,(H2,26,27,28,29)/t13?,16-,20?,22?/m1/s1. The Bertz CT molecular complexity index is 1070. The number of nitrogens with one attached hydrogen (secondary N) is 3. The van der Waals surface area contributed by atoms with Crippen molar-refractivity contribution < 1.29 is 10.2 Å². The molecule has 1 aliphatic heterocycles. The molecule has 172 valence electrons. The Morgan fingerprint density at radius 3 is 2.81 bits per heavy atom. The van der Waals surface area contributed by atoms with Crippen LogP contribution >= 0.6 is 11.6 Å². The van der Waals surface area contributed by atoms with E-state index in [4.69, 9.17) is 21.6 Å². The molecule has 0 spiro atoms. The molecule has 9 nitrogen and oxygen atoms in total. The molecule has 6 rings (SSSR count). The van der Waals surface area contributed by atoms with E-state index in [0.29, 0.717) is 39.6 Å². The van der Waals surface area contributed by atoms with Gasteiger partial charge in [-0.15, -0.1) is 0 Å². The maximum atomic E-state index is 10.3. The number of fused-ring (bicyclic) bond motifs is 4. The van der Waals surface area contributed by atoms with Crippen molar-refractivity contribution in [2.24, 2.45) is 11.3 Å². The highest BCUT2D eigenvalue weighted by molar-refractivity contribution is 6.31. The zero-order valence-electron chi connectivity index (χ0n) is 18.3. The first-order valence-electron chi connectivity index (χ1n) is 11.3. The first-order chi connectivity index (χ1) is 15.4. The van der Waals surface area contributed by atoms with Crippen molar-refractivity contribution in [3.63, 3.8) is 0 Å². The Morgan fingerprint density at radius 2 is 2.09 bits per heavy atom. The fourth-order valence-electron chi connectivity index (χ4n) is 5.26. The van der Waals surface area contributed by atoms with Gasteiger partial charge in [-0.2, -0.15) is 9.97 Å². The fourth-order valence-corrected chi connectivity index (χ4v) is 5.44. The summed E-state index contributed by atoms with van der Waals surface area (Å²) >= 11 is 6.12. The molecule has 0 saturated heterocycles. The second-order valence-electron chi connectivity index (χ2n) is 9.53. The summed E-state index contributed by atoms with van der Waals surface area (Å²) in [6.07, 6.45) is 9.45. The van der Waals surface area contributed by atoms with Crippen LogP contribution in [0.5, 0.6) is 0 Å². The van der Waals surface area contributed by atoms with E-state index in [1.165, 1.54) is 12.8 Å². The topological polar surface area (TPSA) is 120 Å². The third-order valence-corrected chi connectivity index (χ3v) is 7.45. The van der Waals surface area contributed by atoms with Gasteiger partial charge in [0.25, 0.3) is 0 Å². The molecule has 5 N–H and O–H groups in total. The summed E-state index contributed by atoms with van der Waals surface area (Å²) in [4.78, 5) is 14.1. The number of nitrogens with zero attached hydrogens (tertiary/aromatic N) is 4. The van der Waals surface area contributed by atoms with Crippen LogP contribution in [0.3, 0.4) is 0 Å². The highest BCUT2D eigenvalue weighted by Gasteiger charge is 2.47. The summed E-state index contributed by atoms with van der Waals surface area (Å²) in [5, 5.41) is 30.6. The lowest BCUT2D eigenvalue weighted by atomic mass is 9.58. The van der Waals surface area contributed by atoms with Crippen LogP contribution in [0, 0.1) is 11.3 Å². The average molecular weight is 460 g/mol. The minimum absolute atomic E-state index is 0.122. The number of anilines is 2. The van der Waals surface area contributed by atoms with Gasteiger partial charge in [-0.05, 0) is 57.9 Å². The van der Waals surface area contributed by atoms with Crippen molar-refractivity contribution in [3.8, 4) is 0 Å². The van der Waals surface area contributed by atoms with E-state index >= 15 is 0 Å². The Morgan fingerprint density at radius 1 is 1.31 bits per heavy atom. The number of halogens is 1. The minimum atomic E-state index is -0.933. The van der Waals surface area contributed by atoms with Crippen LogP contribution in [0.4, 0.5) is 11.8 Å². The van der Waals surface area contributed by atoms with Gasteiger partial charge in [-0.25, -0.2) is 4.98 Å². The van der Waals surface area contributed by atoms with Gasteiger partial charge in [0.2, 0.25) is 5.95 Å². The van der Waals surface area contributed by atoms with E-state index in [0.717, 1.165) is 19.3 Å². The number of hydrogen-bond donors (Lipinski definition) is 5. The third kappa shape index (κ3) is 3.72. The molecular formula is C22H30ClN7O2. The van der Waals surface area contributed by atoms with Gasteiger partial charge in [0.15, 0.2) is 23.2 Å². The maximum absolute atomic E-state index is 10.3. The number of allylic oxidation sites excluding steroid dienone is 2. The van der Waals surface area contributed by atoms with E-state index in [1.807, 2.05) is 4.57 Å². The molecule has 1 unspecified atom stereocenters. The van der Waals surface area contributed by atoms with Crippen molar-refractivity contribution in [1.29, 1.82) is 0 Å². The Balaban J connectivity index is 1.53. The van der Waals surface area contributed by atoms with Crippen molar-refractivity contribution in [1.82, 2.24) is 24.8 Å². The largest absolute Gasteiger partial charge is 0.396 e. The number of rotatable bonds is 6. The molecule has 0 aromatic carbocycles. The number of dihydropyridines is 1. The highest BCUT2D eigenvalue weighted by atomic mass is 35.5. The summed E-state index contributed by atoms with van der Waals surface area (Å²) in [7, 11) is 0. The number of aliphatic hydroxyl groups is 2.